The number of ether oxygens (including phenoxy) is 1. The van der Waals surface area contributed by atoms with Gasteiger partial charge >= 0.3 is 0 Å². The molecule has 0 radical (unpaired) electrons. The first-order chi connectivity index (χ1) is 11.2. The summed E-state index contributed by atoms with van der Waals surface area (Å²) in [6, 6.07) is 0.712. The van der Waals surface area contributed by atoms with E-state index >= 15 is 0 Å². The summed E-state index contributed by atoms with van der Waals surface area (Å²) in [7, 11) is 0. The van der Waals surface area contributed by atoms with Gasteiger partial charge in [0.2, 0.25) is 0 Å². The van der Waals surface area contributed by atoms with Gasteiger partial charge in [0.1, 0.15) is 0 Å². The lowest BCUT2D eigenvalue weighted by atomic mass is 9.65. The molecule has 3 fully saturated rings. The molecular weight excluding hydrogens is 282 g/mol. The minimum atomic E-state index is 0.480. The van der Waals surface area contributed by atoms with Crippen molar-refractivity contribution >= 4 is 0 Å². The molecule has 2 heteroatoms. The van der Waals surface area contributed by atoms with Crippen LogP contribution in [0.15, 0.2) is 24.4 Å². The molecule has 3 heterocycles. The van der Waals surface area contributed by atoms with Crippen LogP contribution in [0.2, 0.25) is 0 Å². The Morgan fingerprint density at radius 3 is 2.74 bits per heavy atom. The highest BCUT2D eigenvalue weighted by atomic mass is 16.5. The molecule has 5 aliphatic rings. The van der Waals surface area contributed by atoms with Crippen molar-refractivity contribution in [3.05, 3.63) is 24.4 Å². The normalized spacial score (nSPS) is 54.2. The second-order valence-corrected chi connectivity index (χ2v) is 9.11. The number of nitrogens with zero attached hydrogens (tertiary/aromatic N) is 1. The number of hydrogen-bond donors (Lipinski definition) is 0. The summed E-state index contributed by atoms with van der Waals surface area (Å²) in [5, 5.41) is 0. The first kappa shape index (κ1) is 14.6. The highest BCUT2D eigenvalue weighted by Crippen LogP contribution is 2.52. The molecule has 23 heavy (non-hydrogen) atoms. The monoisotopic (exact) mass is 313 g/mol. The van der Waals surface area contributed by atoms with E-state index in [1.807, 2.05) is 0 Å². The summed E-state index contributed by atoms with van der Waals surface area (Å²) in [4.78, 5) is 2.64. The minimum absolute atomic E-state index is 0.480. The van der Waals surface area contributed by atoms with Crippen LogP contribution in [0.5, 0.6) is 0 Å². The third-order valence-electron chi connectivity index (χ3n) is 7.58. The summed E-state index contributed by atoms with van der Waals surface area (Å²) >= 11 is 0. The lowest BCUT2D eigenvalue weighted by Crippen LogP contribution is -2.53. The maximum atomic E-state index is 6.78. The van der Waals surface area contributed by atoms with Crippen LogP contribution < -0.4 is 0 Å². The summed E-state index contributed by atoms with van der Waals surface area (Å²) < 4.78 is 6.78. The van der Waals surface area contributed by atoms with Gasteiger partial charge in [-0.15, -0.1) is 0 Å². The average molecular weight is 313 g/mol. The van der Waals surface area contributed by atoms with E-state index in [0.29, 0.717) is 36.0 Å². The van der Waals surface area contributed by atoms with Crippen LogP contribution in [-0.2, 0) is 4.74 Å². The van der Waals surface area contributed by atoms with Crippen molar-refractivity contribution in [2.24, 2.45) is 35.5 Å². The van der Waals surface area contributed by atoms with Crippen molar-refractivity contribution in [2.45, 2.75) is 64.2 Å². The van der Waals surface area contributed by atoms with E-state index < -0.39 is 0 Å². The minimum Gasteiger partial charge on any atom is -0.374 e. The van der Waals surface area contributed by atoms with Crippen LogP contribution in [0, 0.1) is 35.5 Å². The van der Waals surface area contributed by atoms with Gasteiger partial charge in [-0.2, -0.15) is 0 Å². The third-order valence-corrected chi connectivity index (χ3v) is 7.58. The molecule has 126 valence electrons. The third kappa shape index (κ3) is 2.24. The molecule has 8 unspecified atom stereocenters. The quantitative estimate of drug-likeness (QED) is 0.620. The van der Waals surface area contributed by atoms with Gasteiger partial charge in [0, 0.05) is 30.3 Å². The smallest absolute Gasteiger partial charge is 0.0701 e. The van der Waals surface area contributed by atoms with Gasteiger partial charge in [0.05, 0.1) is 12.2 Å². The predicted molar refractivity (Wildman–Crippen MR) is 92.8 cm³/mol. The molecule has 5 rings (SSSR count). The SMILES string of the molecule is CC1CCC2C(C1)OC1C2C=CC2C=CN3CCC(C)CC3[C@@H]21. The van der Waals surface area contributed by atoms with Crippen LogP contribution in [0.4, 0.5) is 0 Å². The molecule has 9 atom stereocenters. The molecule has 2 aliphatic carbocycles. The van der Waals surface area contributed by atoms with E-state index in [0.717, 1.165) is 17.8 Å². The van der Waals surface area contributed by atoms with Gasteiger partial charge in [-0.25, -0.2) is 0 Å². The molecule has 0 N–H and O–H groups in total. The van der Waals surface area contributed by atoms with Crippen molar-refractivity contribution in [2.75, 3.05) is 6.54 Å². The molecule has 0 bridgehead atoms. The fraction of sp³-hybridized carbons (Fsp3) is 0.810. The second-order valence-electron chi connectivity index (χ2n) is 9.11. The maximum Gasteiger partial charge on any atom is 0.0701 e. The van der Waals surface area contributed by atoms with Gasteiger partial charge in [-0.1, -0.05) is 38.5 Å². The Morgan fingerprint density at radius 2 is 1.83 bits per heavy atom. The number of rotatable bonds is 0. The van der Waals surface area contributed by atoms with E-state index in [9.17, 15) is 0 Å². The number of fused-ring (bicyclic) bond motifs is 7. The average Bonchev–Trinajstić information content (AvgIpc) is 2.91. The van der Waals surface area contributed by atoms with Gasteiger partial charge in [-0.05, 0) is 49.6 Å². The summed E-state index contributed by atoms with van der Waals surface area (Å²) in [6.07, 6.45) is 17.7. The zero-order valence-corrected chi connectivity index (χ0v) is 14.6. The van der Waals surface area contributed by atoms with Crippen LogP contribution in [0.25, 0.3) is 0 Å². The van der Waals surface area contributed by atoms with Crippen molar-refractivity contribution in [1.82, 2.24) is 4.90 Å². The van der Waals surface area contributed by atoms with E-state index in [-0.39, 0.29) is 0 Å². The zero-order chi connectivity index (χ0) is 15.6. The van der Waals surface area contributed by atoms with E-state index in [1.54, 1.807) is 0 Å². The Balaban J connectivity index is 1.46. The Kier molecular flexibility index (Phi) is 3.40. The van der Waals surface area contributed by atoms with Crippen LogP contribution in [0.3, 0.4) is 0 Å². The number of allylic oxidation sites excluding steroid dienone is 2. The van der Waals surface area contributed by atoms with Crippen molar-refractivity contribution in [3.63, 3.8) is 0 Å². The molecule has 0 amide bonds. The molecule has 3 aliphatic heterocycles. The van der Waals surface area contributed by atoms with E-state index in [2.05, 4.69) is 43.2 Å². The molecule has 0 aromatic rings. The Bertz CT molecular complexity index is 526. The summed E-state index contributed by atoms with van der Waals surface area (Å²) in [5.41, 5.74) is 0. The van der Waals surface area contributed by atoms with Gasteiger partial charge < -0.3 is 9.64 Å². The van der Waals surface area contributed by atoms with Crippen LogP contribution in [0.1, 0.15) is 46.0 Å². The first-order valence-electron chi connectivity index (χ1n) is 9.98. The molecule has 2 saturated heterocycles. The van der Waals surface area contributed by atoms with Crippen molar-refractivity contribution in [1.29, 1.82) is 0 Å². The van der Waals surface area contributed by atoms with Crippen LogP contribution in [-0.4, -0.2) is 29.7 Å². The molecule has 0 aromatic carbocycles. The Labute approximate surface area is 141 Å². The topological polar surface area (TPSA) is 12.5 Å². The van der Waals surface area contributed by atoms with Gasteiger partial charge in [-0.3, -0.25) is 0 Å². The number of hydrogen-bond acceptors (Lipinski definition) is 2. The first-order valence-corrected chi connectivity index (χ1v) is 9.98. The van der Waals surface area contributed by atoms with Gasteiger partial charge in [0.25, 0.3) is 0 Å². The van der Waals surface area contributed by atoms with E-state index in [4.69, 9.17) is 4.74 Å². The lowest BCUT2D eigenvalue weighted by Gasteiger charge is -2.50. The fourth-order valence-electron chi connectivity index (χ4n) is 6.33. The summed E-state index contributed by atoms with van der Waals surface area (Å²) in [5.74, 6) is 4.53. The highest BCUT2D eigenvalue weighted by Gasteiger charge is 2.54. The fourth-order valence-corrected chi connectivity index (χ4v) is 6.33. The molecule has 1 saturated carbocycles. The maximum absolute atomic E-state index is 6.78. The predicted octanol–water partition coefficient (Wildman–Crippen LogP) is 4.24. The second kappa shape index (κ2) is 5.37. The Hall–Kier alpha value is -0.760. The zero-order valence-electron chi connectivity index (χ0n) is 14.6. The summed E-state index contributed by atoms with van der Waals surface area (Å²) in [6.45, 7) is 6.10. The van der Waals surface area contributed by atoms with Crippen LogP contribution >= 0.6 is 0 Å². The molecular formula is C21H31NO. The van der Waals surface area contributed by atoms with Gasteiger partial charge in [0.15, 0.2) is 0 Å². The largest absolute Gasteiger partial charge is 0.374 e. The molecule has 0 aromatic heterocycles. The standard InChI is InChI=1S/C21H31NO/c1-13-3-5-16-17-6-4-15-8-10-22-9-7-14(2)11-18(22)20(15)21(17)23-19(16)12-13/h4,6,8,10,13-21H,3,5,7,9,11-12H2,1-2H3/t13?,14?,15?,16?,17?,18?,19?,20-,21?/m1/s1. The molecule has 2 nitrogen and oxygen atoms in total. The number of piperidine rings is 1. The highest BCUT2D eigenvalue weighted by molar-refractivity contribution is 5.21. The Morgan fingerprint density at radius 1 is 0.957 bits per heavy atom. The van der Waals surface area contributed by atoms with Crippen molar-refractivity contribution in [3.8, 4) is 0 Å². The van der Waals surface area contributed by atoms with E-state index in [1.165, 1.54) is 38.6 Å². The van der Waals surface area contributed by atoms with Crippen molar-refractivity contribution < 1.29 is 4.74 Å². The lowest BCUT2D eigenvalue weighted by molar-refractivity contribution is -0.0584. The molecule has 0 spiro atoms.